The van der Waals surface area contributed by atoms with Crippen LogP contribution in [0.4, 0.5) is 17.1 Å². The second-order valence-corrected chi connectivity index (χ2v) is 12.7. The quantitative estimate of drug-likeness (QED) is 0.507. The minimum absolute atomic E-state index is 0.0259. The number of benzene rings is 2. The number of carbonyl (C=O) groups excluding carboxylic acids is 2. The van der Waals surface area contributed by atoms with Gasteiger partial charge in [0.25, 0.3) is 5.91 Å². The number of rotatable bonds is 7. The Labute approximate surface area is 232 Å². The standard InChI is InChI=1S/C32H42N4O3/c1-21(2)33-30(37)26-17-25(34-31(38)32-18-22-14-23(19-32)16-24(15-22)20-32)8-9-27(26)35-10-12-36(13-11-35)28-6-4-5-7-29(28)39-3/h4-9,17,21-24H,10-16,18-20H2,1-3H3,(H,33,37)(H,34,38). The predicted octanol–water partition coefficient (Wildman–Crippen LogP) is 5.31. The fourth-order valence-electron chi connectivity index (χ4n) is 8.14. The number of anilines is 3. The van der Waals surface area contributed by atoms with Gasteiger partial charge in [0, 0.05) is 43.6 Å². The van der Waals surface area contributed by atoms with Crippen LogP contribution in [0.15, 0.2) is 42.5 Å². The summed E-state index contributed by atoms with van der Waals surface area (Å²) in [7, 11) is 1.71. The Morgan fingerprint density at radius 3 is 2.05 bits per heavy atom. The molecule has 4 aliphatic carbocycles. The number of nitrogens with zero attached hydrogens (tertiary/aromatic N) is 2. The molecule has 208 valence electrons. The van der Waals surface area contributed by atoms with E-state index in [0.717, 1.165) is 68.3 Å². The molecule has 2 aromatic carbocycles. The monoisotopic (exact) mass is 530 g/mol. The maximum atomic E-state index is 13.7. The lowest BCUT2D eigenvalue weighted by molar-refractivity contribution is -0.140. The summed E-state index contributed by atoms with van der Waals surface area (Å²) in [5.41, 5.74) is 3.14. The Bertz CT molecular complexity index is 1200. The van der Waals surface area contributed by atoms with Crippen LogP contribution in [-0.2, 0) is 4.79 Å². The van der Waals surface area contributed by atoms with Crippen LogP contribution >= 0.6 is 0 Å². The fourth-order valence-corrected chi connectivity index (χ4v) is 8.14. The summed E-state index contributed by atoms with van der Waals surface area (Å²) in [4.78, 5) is 31.7. The first-order chi connectivity index (χ1) is 18.8. The van der Waals surface area contributed by atoms with E-state index in [1.54, 1.807) is 7.11 Å². The highest BCUT2D eigenvalue weighted by atomic mass is 16.5. The zero-order valence-corrected chi connectivity index (χ0v) is 23.5. The number of carbonyl (C=O) groups is 2. The van der Waals surface area contributed by atoms with Crippen molar-refractivity contribution in [3.63, 3.8) is 0 Å². The van der Waals surface area contributed by atoms with Gasteiger partial charge in [-0.15, -0.1) is 0 Å². The summed E-state index contributed by atoms with van der Waals surface area (Å²) in [6, 6.07) is 14.0. The number of methoxy groups -OCH3 is 1. The van der Waals surface area contributed by atoms with E-state index in [4.69, 9.17) is 4.74 Å². The topological polar surface area (TPSA) is 73.9 Å². The van der Waals surface area contributed by atoms with Gasteiger partial charge in [-0.3, -0.25) is 9.59 Å². The molecular weight excluding hydrogens is 488 g/mol. The molecule has 7 rings (SSSR count). The fraction of sp³-hybridized carbons (Fsp3) is 0.562. The van der Waals surface area contributed by atoms with Gasteiger partial charge in [-0.2, -0.15) is 0 Å². The van der Waals surface area contributed by atoms with E-state index in [1.807, 2.05) is 50.2 Å². The summed E-state index contributed by atoms with van der Waals surface area (Å²) >= 11 is 0. The first-order valence-corrected chi connectivity index (χ1v) is 14.7. The van der Waals surface area contributed by atoms with Crippen molar-refractivity contribution in [1.82, 2.24) is 5.32 Å². The van der Waals surface area contributed by atoms with Crippen molar-refractivity contribution in [2.45, 2.75) is 58.4 Å². The van der Waals surface area contributed by atoms with Gasteiger partial charge in [-0.05, 0) is 100 Å². The third kappa shape index (κ3) is 5.08. The van der Waals surface area contributed by atoms with E-state index >= 15 is 0 Å². The van der Waals surface area contributed by atoms with Crippen LogP contribution in [0.2, 0.25) is 0 Å². The average Bonchev–Trinajstić information content (AvgIpc) is 2.92. The van der Waals surface area contributed by atoms with E-state index in [1.165, 1.54) is 19.3 Å². The van der Waals surface area contributed by atoms with E-state index in [0.29, 0.717) is 23.3 Å². The van der Waals surface area contributed by atoms with Crippen molar-refractivity contribution >= 4 is 28.9 Å². The second-order valence-electron chi connectivity index (χ2n) is 12.7. The summed E-state index contributed by atoms with van der Waals surface area (Å²) in [5.74, 6) is 3.08. The van der Waals surface area contributed by atoms with Crippen LogP contribution in [0.25, 0.3) is 0 Å². The van der Waals surface area contributed by atoms with Gasteiger partial charge in [0.15, 0.2) is 0 Å². The molecular formula is C32H42N4O3. The number of ether oxygens (including phenoxy) is 1. The molecule has 39 heavy (non-hydrogen) atoms. The molecule has 1 heterocycles. The normalized spacial score (nSPS) is 27.5. The average molecular weight is 531 g/mol. The summed E-state index contributed by atoms with van der Waals surface area (Å²) in [6.45, 7) is 7.19. The van der Waals surface area contributed by atoms with Gasteiger partial charge in [0.05, 0.1) is 23.8 Å². The Balaban J connectivity index is 1.21. The van der Waals surface area contributed by atoms with Gasteiger partial charge in [0.2, 0.25) is 5.91 Å². The first kappa shape index (κ1) is 26.0. The Hall–Kier alpha value is -3.22. The number of piperazine rings is 1. The molecule has 0 unspecified atom stereocenters. The van der Waals surface area contributed by atoms with E-state index in [2.05, 4.69) is 26.5 Å². The van der Waals surface area contributed by atoms with E-state index in [-0.39, 0.29) is 23.3 Å². The first-order valence-electron chi connectivity index (χ1n) is 14.7. The van der Waals surface area contributed by atoms with E-state index < -0.39 is 0 Å². The molecule has 7 heteroatoms. The molecule has 4 bridgehead atoms. The number of nitrogens with one attached hydrogen (secondary N) is 2. The SMILES string of the molecule is COc1ccccc1N1CCN(c2ccc(NC(=O)C34CC5CC(CC(C5)C3)C4)cc2C(=O)NC(C)C)CC1. The molecule has 1 aliphatic heterocycles. The van der Waals surface area contributed by atoms with Crippen molar-refractivity contribution in [2.75, 3.05) is 48.4 Å². The van der Waals surface area contributed by atoms with Crippen molar-refractivity contribution in [1.29, 1.82) is 0 Å². The zero-order chi connectivity index (χ0) is 27.1. The minimum atomic E-state index is -0.220. The molecule has 0 atom stereocenters. The Kier molecular flexibility index (Phi) is 6.94. The molecule has 5 fully saturated rings. The van der Waals surface area contributed by atoms with Crippen LogP contribution in [-0.4, -0.2) is 51.1 Å². The van der Waals surface area contributed by atoms with Gasteiger partial charge in [-0.25, -0.2) is 0 Å². The van der Waals surface area contributed by atoms with Crippen LogP contribution in [0.1, 0.15) is 62.7 Å². The zero-order valence-electron chi connectivity index (χ0n) is 23.5. The van der Waals surface area contributed by atoms with Crippen molar-refractivity contribution in [3.05, 3.63) is 48.0 Å². The molecule has 7 nitrogen and oxygen atoms in total. The highest BCUT2D eigenvalue weighted by Gasteiger charge is 2.54. The van der Waals surface area contributed by atoms with Gasteiger partial charge < -0.3 is 25.2 Å². The smallest absolute Gasteiger partial charge is 0.253 e. The molecule has 2 aromatic rings. The molecule has 2 amide bonds. The molecule has 5 aliphatic rings. The van der Waals surface area contributed by atoms with Gasteiger partial charge in [0.1, 0.15) is 5.75 Å². The molecule has 2 N–H and O–H groups in total. The highest BCUT2D eigenvalue weighted by Crippen LogP contribution is 2.60. The van der Waals surface area contributed by atoms with Crippen LogP contribution in [0.5, 0.6) is 5.75 Å². The summed E-state index contributed by atoms with van der Waals surface area (Å²) < 4.78 is 5.58. The number of hydrogen-bond donors (Lipinski definition) is 2. The highest BCUT2D eigenvalue weighted by molar-refractivity contribution is 6.03. The lowest BCUT2D eigenvalue weighted by Gasteiger charge is -2.55. The Morgan fingerprint density at radius 1 is 0.872 bits per heavy atom. The van der Waals surface area contributed by atoms with Crippen molar-refractivity contribution in [2.24, 2.45) is 23.2 Å². The summed E-state index contributed by atoms with van der Waals surface area (Å²) in [6.07, 6.45) is 7.02. The Morgan fingerprint density at radius 2 is 1.46 bits per heavy atom. The molecule has 0 spiro atoms. The van der Waals surface area contributed by atoms with Crippen LogP contribution in [0, 0.1) is 23.2 Å². The van der Waals surface area contributed by atoms with E-state index in [9.17, 15) is 9.59 Å². The van der Waals surface area contributed by atoms with Crippen LogP contribution in [0.3, 0.4) is 0 Å². The van der Waals surface area contributed by atoms with Gasteiger partial charge in [-0.1, -0.05) is 12.1 Å². The second kappa shape index (κ2) is 10.4. The minimum Gasteiger partial charge on any atom is -0.495 e. The number of amides is 2. The maximum Gasteiger partial charge on any atom is 0.253 e. The van der Waals surface area contributed by atoms with Crippen LogP contribution < -0.4 is 25.2 Å². The number of hydrogen-bond acceptors (Lipinski definition) is 5. The molecule has 4 saturated carbocycles. The molecule has 0 aromatic heterocycles. The maximum absolute atomic E-state index is 13.7. The van der Waals surface area contributed by atoms with Gasteiger partial charge >= 0.3 is 0 Å². The lowest BCUT2D eigenvalue weighted by Crippen LogP contribution is -2.51. The molecule has 0 radical (unpaired) electrons. The van der Waals surface area contributed by atoms with Crippen molar-refractivity contribution in [3.8, 4) is 5.75 Å². The molecule has 1 saturated heterocycles. The van der Waals surface area contributed by atoms with Crippen molar-refractivity contribution < 1.29 is 14.3 Å². The largest absolute Gasteiger partial charge is 0.495 e. The predicted molar refractivity (Wildman–Crippen MR) is 156 cm³/mol. The third-order valence-electron chi connectivity index (χ3n) is 9.48. The summed E-state index contributed by atoms with van der Waals surface area (Å²) in [5, 5.41) is 6.33. The lowest BCUT2D eigenvalue weighted by atomic mass is 9.49. The number of para-hydroxylation sites is 2. The third-order valence-corrected chi connectivity index (χ3v) is 9.48.